The number of aliphatic hydroxyl groups is 1. The molecule has 0 bridgehead atoms. The monoisotopic (exact) mass is 268 g/mol. The minimum Gasteiger partial charge on any atom is -0.420 e. The lowest BCUT2D eigenvalue weighted by Crippen LogP contribution is -2.28. The van der Waals surface area contributed by atoms with Crippen LogP contribution in [0.15, 0.2) is 18.2 Å². The normalized spacial score (nSPS) is 11.4. The average molecular weight is 269 g/mol. The Bertz CT molecular complexity index is 418. The molecule has 0 fully saturated rings. The van der Waals surface area contributed by atoms with E-state index < -0.39 is 12.1 Å². The van der Waals surface area contributed by atoms with Crippen LogP contribution in [0.25, 0.3) is 0 Å². The van der Waals surface area contributed by atoms with Crippen LogP contribution in [0.4, 0.5) is 13.2 Å². The average Bonchev–Trinajstić information content (AvgIpc) is 2.21. The number of ether oxygens (including phenoxy) is 1. The standard InChI is InChI=1S/C10H8ClF3O3/c11-7-2-1-3-8(6(7)4-5-15)17-9(16)10(12,13)14/h1-3,15H,4-5H2. The van der Waals surface area contributed by atoms with E-state index in [9.17, 15) is 18.0 Å². The lowest BCUT2D eigenvalue weighted by molar-refractivity contribution is -0.189. The lowest BCUT2D eigenvalue weighted by Gasteiger charge is -2.11. The van der Waals surface area contributed by atoms with E-state index in [0.717, 1.165) is 0 Å². The summed E-state index contributed by atoms with van der Waals surface area (Å²) in [7, 11) is 0. The molecule has 3 nitrogen and oxygen atoms in total. The molecule has 0 saturated heterocycles. The zero-order valence-corrected chi connectivity index (χ0v) is 9.18. The molecule has 7 heteroatoms. The third-order valence-corrected chi connectivity index (χ3v) is 2.23. The lowest BCUT2D eigenvalue weighted by atomic mass is 10.1. The molecular weight excluding hydrogens is 261 g/mol. The fourth-order valence-corrected chi connectivity index (χ4v) is 1.41. The zero-order chi connectivity index (χ0) is 13.1. The van der Waals surface area contributed by atoms with E-state index in [-0.39, 0.29) is 29.4 Å². The maximum absolute atomic E-state index is 12.0. The van der Waals surface area contributed by atoms with Gasteiger partial charge >= 0.3 is 12.1 Å². The SMILES string of the molecule is O=C(Oc1cccc(Cl)c1CCO)C(F)(F)F. The number of carbonyl (C=O) groups excluding carboxylic acids is 1. The van der Waals surface area contributed by atoms with Crippen molar-refractivity contribution >= 4 is 17.6 Å². The highest BCUT2D eigenvalue weighted by molar-refractivity contribution is 6.31. The van der Waals surface area contributed by atoms with Gasteiger partial charge in [0.15, 0.2) is 0 Å². The molecule has 17 heavy (non-hydrogen) atoms. The van der Waals surface area contributed by atoms with Crippen molar-refractivity contribution in [2.24, 2.45) is 0 Å². The summed E-state index contributed by atoms with van der Waals surface area (Å²) >= 11 is 5.72. The molecule has 0 radical (unpaired) electrons. The van der Waals surface area contributed by atoms with Crippen molar-refractivity contribution in [3.05, 3.63) is 28.8 Å². The minimum atomic E-state index is -5.07. The molecule has 0 heterocycles. The van der Waals surface area contributed by atoms with Crippen molar-refractivity contribution in [1.82, 2.24) is 0 Å². The minimum absolute atomic E-state index is 0.000143. The Morgan fingerprint density at radius 3 is 2.59 bits per heavy atom. The molecule has 1 aromatic rings. The van der Waals surface area contributed by atoms with E-state index >= 15 is 0 Å². The van der Waals surface area contributed by atoms with Gasteiger partial charge in [-0.15, -0.1) is 0 Å². The first-order chi connectivity index (χ1) is 7.86. The molecule has 0 atom stereocenters. The molecular formula is C10H8ClF3O3. The Morgan fingerprint density at radius 2 is 2.06 bits per heavy atom. The van der Waals surface area contributed by atoms with Crippen LogP contribution in [0.1, 0.15) is 5.56 Å². The number of rotatable bonds is 3. The van der Waals surface area contributed by atoms with Crippen LogP contribution < -0.4 is 4.74 Å². The zero-order valence-electron chi connectivity index (χ0n) is 8.42. The van der Waals surface area contributed by atoms with Crippen LogP contribution in [0.2, 0.25) is 5.02 Å². The summed E-state index contributed by atoms with van der Waals surface area (Å²) in [6, 6.07) is 3.96. The van der Waals surface area contributed by atoms with Crippen LogP contribution in [0.3, 0.4) is 0 Å². The van der Waals surface area contributed by atoms with E-state index in [1.807, 2.05) is 0 Å². The first-order valence-corrected chi connectivity index (χ1v) is 4.91. The van der Waals surface area contributed by atoms with E-state index in [2.05, 4.69) is 4.74 Å². The molecule has 1 N–H and O–H groups in total. The fourth-order valence-electron chi connectivity index (χ4n) is 1.15. The molecule has 1 aromatic carbocycles. The molecule has 1 rings (SSSR count). The van der Waals surface area contributed by atoms with Crippen molar-refractivity contribution in [2.45, 2.75) is 12.6 Å². The van der Waals surface area contributed by atoms with E-state index in [0.29, 0.717) is 0 Å². The Kier molecular flexibility index (Phi) is 4.36. The number of alkyl halides is 3. The largest absolute Gasteiger partial charge is 0.491 e. The number of halogens is 4. The smallest absolute Gasteiger partial charge is 0.420 e. The van der Waals surface area contributed by atoms with Gasteiger partial charge in [0.05, 0.1) is 0 Å². The summed E-state index contributed by atoms with van der Waals surface area (Å²) in [4.78, 5) is 10.6. The number of carbonyl (C=O) groups is 1. The van der Waals surface area contributed by atoms with Crippen LogP contribution >= 0.6 is 11.6 Å². The number of hydrogen-bond acceptors (Lipinski definition) is 3. The van der Waals surface area contributed by atoms with Crippen LogP contribution in [0.5, 0.6) is 5.75 Å². The van der Waals surface area contributed by atoms with Gasteiger partial charge in [0.2, 0.25) is 0 Å². The van der Waals surface area contributed by atoms with Gasteiger partial charge in [0.1, 0.15) is 5.75 Å². The van der Waals surface area contributed by atoms with Gasteiger partial charge < -0.3 is 9.84 Å². The van der Waals surface area contributed by atoms with Crippen molar-refractivity contribution in [3.8, 4) is 5.75 Å². The molecule has 0 aliphatic heterocycles. The number of aliphatic hydroxyl groups excluding tert-OH is 1. The molecule has 0 amide bonds. The highest BCUT2D eigenvalue weighted by Gasteiger charge is 2.41. The molecule has 0 aromatic heterocycles. The Labute approximate surface area is 99.8 Å². The third kappa shape index (κ3) is 3.61. The van der Waals surface area contributed by atoms with E-state index in [1.54, 1.807) is 0 Å². The molecule has 0 unspecified atom stereocenters. The van der Waals surface area contributed by atoms with Crippen LogP contribution in [0, 0.1) is 0 Å². The molecule has 0 spiro atoms. The van der Waals surface area contributed by atoms with Crippen molar-refractivity contribution in [1.29, 1.82) is 0 Å². The van der Waals surface area contributed by atoms with Gasteiger partial charge in [-0.2, -0.15) is 13.2 Å². The molecule has 0 saturated carbocycles. The predicted octanol–water partition coefficient (Wildman–Crippen LogP) is 2.34. The molecule has 94 valence electrons. The second kappa shape index (κ2) is 5.37. The highest BCUT2D eigenvalue weighted by Crippen LogP contribution is 2.28. The van der Waals surface area contributed by atoms with E-state index in [1.165, 1.54) is 18.2 Å². The number of hydrogen-bond donors (Lipinski definition) is 1. The second-order valence-electron chi connectivity index (χ2n) is 3.08. The summed E-state index contributed by atoms with van der Waals surface area (Å²) in [6.07, 6.45) is -5.07. The van der Waals surface area contributed by atoms with Crippen LogP contribution in [-0.4, -0.2) is 23.9 Å². The Morgan fingerprint density at radius 1 is 1.41 bits per heavy atom. The Balaban J connectivity index is 2.98. The van der Waals surface area contributed by atoms with Gasteiger partial charge in [-0.25, -0.2) is 4.79 Å². The fraction of sp³-hybridized carbons (Fsp3) is 0.300. The summed E-state index contributed by atoms with van der Waals surface area (Å²) in [5.41, 5.74) is 0.161. The summed E-state index contributed by atoms with van der Waals surface area (Å²) in [6.45, 7) is -0.319. The quantitative estimate of drug-likeness (QED) is 0.676. The van der Waals surface area contributed by atoms with Gasteiger partial charge in [-0.3, -0.25) is 0 Å². The van der Waals surface area contributed by atoms with Crippen molar-refractivity contribution in [2.75, 3.05) is 6.61 Å². The van der Waals surface area contributed by atoms with Crippen LogP contribution in [-0.2, 0) is 11.2 Å². The predicted molar refractivity (Wildman–Crippen MR) is 53.9 cm³/mol. The summed E-state index contributed by atoms with van der Waals surface area (Å²) < 4.78 is 40.2. The van der Waals surface area contributed by atoms with Gasteiger partial charge in [-0.1, -0.05) is 17.7 Å². The number of esters is 1. The van der Waals surface area contributed by atoms with Crippen molar-refractivity contribution in [3.63, 3.8) is 0 Å². The molecule has 0 aliphatic rings. The maximum atomic E-state index is 12.0. The number of benzene rings is 1. The molecule has 0 aliphatic carbocycles. The van der Waals surface area contributed by atoms with Gasteiger partial charge in [0, 0.05) is 23.6 Å². The van der Waals surface area contributed by atoms with Gasteiger partial charge in [0.25, 0.3) is 0 Å². The third-order valence-electron chi connectivity index (χ3n) is 1.87. The first kappa shape index (κ1) is 13.8. The van der Waals surface area contributed by atoms with Crippen molar-refractivity contribution < 1.29 is 27.8 Å². The topological polar surface area (TPSA) is 46.5 Å². The summed E-state index contributed by atoms with van der Waals surface area (Å²) in [5.74, 6) is -2.62. The second-order valence-corrected chi connectivity index (χ2v) is 3.48. The van der Waals surface area contributed by atoms with Gasteiger partial charge in [-0.05, 0) is 12.1 Å². The first-order valence-electron chi connectivity index (χ1n) is 4.53. The van der Waals surface area contributed by atoms with E-state index in [4.69, 9.17) is 16.7 Å². The summed E-state index contributed by atoms with van der Waals surface area (Å²) in [5, 5.41) is 8.87. The highest BCUT2D eigenvalue weighted by atomic mass is 35.5. The Hall–Kier alpha value is -1.27. The maximum Gasteiger partial charge on any atom is 0.491 e.